The standard InChI is InChI=1S/C10H7BrO5/c11-7-9(16-10(13)14-7)15-8(12)6-4-2-1-3-5-6/h1-5,7,9H/t7-,9-/m0/s1. The third-order valence-electron chi connectivity index (χ3n) is 1.87. The SMILES string of the molecule is O=C1O[C@H](OC(=O)c2ccccc2)[C@@H](Br)O1. The van der Waals surface area contributed by atoms with E-state index in [1.54, 1.807) is 30.3 Å². The number of cyclic esters (lactones) is 2. The lowest BCUT2D eigenvalue weighted by Gasteiger charge is -2.10. The number of hydrogen-bond donors (Lipinski definition) is 0. The minimum absolute atomic E-state index is 0.380. The van der Waals surface area contributed by atoms with Crippen molar-refractivity contribution in [1.29, 1.82) is 0 Å². The summed E-state index contributed by atoms with van der Waals surface area (Å²) < 4.78 is 14.1. The molecule has 0 unspecified atom stereocenters. The second kappa shape index (κ2) is 4.52. The third kappa shape index (κ3) is 2.33. The molecular weight excluding hydrogens is 280 g/mol. The zero-order chi connectivity index (χ0) is 11.5. The third-order valence-corrected chi connectivity index (χ3v) is 2.49. The normalized spacial score (nSPS) is 23.4. The van der Waals surface area contributed by atoms with Crippen LogP contribution in [0.3, 0.4) is 0 Å². The summed E-state index contributed by atoms with van der Waals surface area (Å²) in [6, 6.07) is 8.40. The van der Waals surface area contributed by atoms with Gasteiger partial charge in [-0.25, -0.2) is 9.59 Å². The van der Waals surface area contributed by atoms with E-state index in [1.165, 1.54) is 0 Å². The van der Waals surface area contributed by atoms with Gasteiger partial charge in [-0.05, 0) is 28.1 Å². The number of carbonyl (C=O) groups is 2. The van der Waals surface area contributed by atoms with Crippen LogP contribution in [0, 0.1) is 0 Å². The second-order valence-corrected chi connectivity index (χ2v) is 3.88. The Hall–Kier alpha value is -1.56. The van der Waals surface area contributed by atoms with Crippen LogP contribution in [-0.2, 0) is 14.2 Å². The molecule has 5 nitrogen and oxygen atoms in total. The molecule has 2 rings (SSSR count). The molecule has 2 atom stereocenters. The predicted molar refractivity (Wildman–Crippen MR) is 55.9 cm³/mol. The smallest absolute Gasteiger partial charge is 0.416 e. The van der Waals surface area contributed by atoms with Gasteiger partial charge in [-0.2, -0.15) is 0 Å². The second-order valence-electron chi connectivity index (χ2n) is 2.98. The van der Waals surface area contributed by atoms with Crippen LogP contribution in [0.4, 0.5) is 4.79 Å². The van der Waals surface area contributed by atoms with Crippen LogP contribution < -0.4 is 0 Å². The summed E-state index contributed by atoms with van der Waals surface area (Å²) in [6.07, 6.45) is -1.92. The van der Waals surface area contributed by atoms with Gasteiger partial charge in [-0.3, -0.25) is 0 Å². The quantitative estimate of drug-likeness (QED) is 0.615. The highest BCUT2D eigenvalue weighted by Gasteiger charge is 2.37. The van der Waals surface area contributed by atoms with Crippen molar-refractivity contribution in [3.63, 3.8) is 0 Å². The molecule has 16 heavy (non-hydrogen) atoms. The van der Waals surface area contributed by atoms with Crippen LogP contribution in [0.2, 0.25) is 0 Å². The zero-order valence-electron chi connectivity index (χ0n) is 7.96. The van der Waals surface area contributed by atoms with Crippen LogP contribution in [0.1, 0.15) is 10.4 Å². The lowest BCUT2D eigenvalue weighted by atomic mass is 10.2. The maximum atomic E-state index is 11.6. The van der Waals surface area contributed by atoms with E-state index in [4.69, 9.17) is 4.74 Å². The Morgan fingerprint density at radius 1 is 1.25 bits per heavy atom. The Morgan fingerprint density at radius 2 is 1.94 bits per heavy atom. The van der Waals surface area contributed by atoms with Crippen molar-refractivity contribution in [2.75, 3.05) is 0 Å². The molecule has 0 N–H and O–H groups in total. The van der Waals surface area contributed by atoms with Gasteiger partial charge < -0.3 is 14.2 Å². The summed E-state index contributed by atoms with van der Waals surface area (Å²) in [6.45, 7) is 0. The van der Waals surface area contributed by atoms with Gasteiger partial charge >= 0.3 is 12.1 Å². The number of alkyl halides is 1. The molecule has 0 aliphatic carbocycles. The summed E-state index contributed by atoms with van der Waals surface area (Å²) in [5.74, 6) is -0.576. The molecule has 1 aromatic rings. The Balaban J connectivity index is 2.01. The molecular formula is C10H7BrO5. The molecule has 0 saturated carbocycles. The minimum atomic E-state index is -1.06. The van der Waals surface area contributed by atoms with Gasteiger partial charge in [0, 0.05) is 0 Å². The highest BCUT2D eigenvalue weighted by molar-refractivity contribution is 9.09. The first kappa shape index (κ1) is 10.9. The van der Waals surface area contributed by atoms with Gasteiger partial charge in [0.05, 0.1) is 5.56 Å². The average molecular weight is 287 g/mol. The summed E-state index contributed by atoms with van der Waals surface area (Å²) in [4.78, 5) is 22.3. The van der Waals surface area contributed by atoms with Crippen molar-refractivity contribution in [2.45, 2.75) is 11.3 Å². The topological polar surface area (TPSA) is 61.8 Å². The van der Waals surface area contributed by atoms with E-state index >= 15 is 0 Å². The first-order valence-electron chi connectivity index (χ1n) is 4.44. The monoisotopic (exact) mass is 286 g/mol. The Kier molecular flexibility index (Phi) is 3.09. The molecule has 1 heterocycles. The van der Waals surface area contributed by atoms with Gasteiger partial charge in [0.25, 0.3) is 6.29 Å². The fraction of sp³-hybridized carbons (Fsp3) is 0.200. The fourth-order valence-corrected chi connectivity index (χ4v) is 1.52. The molecule has 0 bridgehead atoms. The molecule has 6 heteroatoms. The first-order chi connectivity index (χ1) is 7.66. The van der Waals surface area contributed by atoms with E-state index in [0.29, 0.717) is 5.56 Å². The van der Waals surface area contributed by atoms with E-state index in [2.05, 4.69) is 25.4 Å². The van der Waals surface area contributed by atoms with Gasteiger partial charge in [-0.1, -0.05) is 18.2 Å². The molecule has 1 saturated heterocycles. The number of ether oxygens (including phenoxy) is 3. The number of carbonyl (C=O) groups excluding carboxylic acids is 2. The van der Waals surface area contributed by atoms with Gasteiger partial charge in [0.15, 0.2) is 0 Å². The minimum Gasteiger partial charge on any atom is -0.416 e. The highest BCUT2D eigenvalue weighted by atomic mass is 79.9. The van der Waals surface area contributed by atoms with Crippen LogP contribution in [0.5, 0.6) is 0 Å². The maximum absolute atomic E-state index is 11.6. The zero-order valence-corrected chi connectivity index (χ0v) is 9.55. The van der Waals surface area contributed by atoms with E-state index in [9.17, 15) is 9.59 Å². The lowest BCUT2D eigenvalue weighted by Crippen LogP contribution is -2.24. The molecule has 1 aliphatic rings. The fourth-order valence-electron chi connectivity index (χ4n) is 1.15. The molecule has 0 amide bonds. The number of hydrogen-bond acceptors (Lipinski definition) is 5. The van der Waals surface area contributed by atoms with Crippen molar-refractivity contribution in [2.24, 2.45) is 0 Å². The number of rotatable bonds is 2. The molecule has 1 fully saturated rings. The molecule has 0 radical (unpaired) electrons. The highest BCUT2D eigenvalue weighted by Crippen LogP contribution is 2.22. The lowest BCUT2D eigenvalue weighted by molar-refractivity contribution is -0.0507. The van der Waals surface area contributed by atoms with E-state index in [-0.39, 0.29) is 0 Å². The van der Waals surface area contributed by atoms with Crippen LogP contribution in [-0.4, -0.2) is 23.4 Å². The van der Waals surface area contributed by atoms with Crippen molar-refractivity contribution in [3.8, 4) is 0 Å². The summed E-state index contributed by atoms with van der Waals surface area (Å²) in [7, 11) is 0. The maximum Gasteiger partial charge on any atom is 0.512 e. The molecule has 1 aliphatic heterocycles. The Morgan fingerprint density at radius 3 is 2.50 bits per heavy atom. The summed E-state index contributed by atoms with van der Waals surface area (Å²) >= 11 is 3.00. The van der Waals surface area contributed by atoms with E-state index in [0.717, 1.165) is 0 Å². The number of benzene rings is 1. The summed E-state index contributed by atoms with van der Waals surface area (Å²) in [5.41, 5.74) is 0.380. The van der Waals surface area contributed by atoms with Crippen LogP contribution >= 0.6 is 15.9 Å². The van der Waals surface area contributed by atoms with Crippen LogP contribution in [0.15, 0.2) is 30.3 Å². The summed E-state index contributed by atoms with van der Waals surface area (Å²) in [5, 5.41) is -0.771. The molecule has 0 aromatic heterocycles. The average Bonchev–Trinajstić information content (AvgIpc) is 2.59. The van der Waals surface area contributed by atoms with E-state index < -0.39 is 23.4 Å². The van der Waals surface area contributed by atoms with Crippen LogP contribution in [0.25, 0.3) is 0 Å². The van der Waals surface area contributed by atoms with Crippen molar-refractivity contribution in [3.05, 3.63) is 35.9 Å². The van der Waals surface area contributed by atoms with Gasteiger partial charge in [0.1, 0.15) is 0 Å². The molecule has 84 valence electrons. The van der Waals surface area contributed by atoms with Crippen molar-refractivity contribution in [1.82, 2.24) is 0 Å². The van der Waals surface area contributed by atoms with Gasteiger partial charge in [-0.15, -0.1) is 0 Å². The Labute approximate surface area is 99.4 Å². The molecule has 1 aromatic carbocycles. The van der Waals surface area contributed by atoms with Gasteiger partial charge in [0.2, 0.25) is 5.01 Å². The van der Waals surface area contributed by atoms with Crippen molar-refractivity contribution >= 4 is 28.1 Å². The predicted octanol–water partition coefficient (Wildman–Crippen LogP) is 2.06. The largest absolute Gasteiger partial charge is 0.512 e. The first-order valence-corrected chi connectivity index (χ1v) is 5.36. The number of esters is 1. The Bertz CT molecular complexity index is 405. The van der Waals surface area contributed by atoms with Crippen molar-refractivity contribution < 1.29 is 23.8 Å². The van der Waals surface area contributed by atoms with E-state index in [1.807, 2.05) is 0 Å². The number of halogens is 1. The molecule has 0 spiro atoms.